The molecule has 4 rings (SSSR count). The lowest BCUT2D eigenvalue weighted by atomic mass is 9.93. The summed E-state index contributed by atoms with van der Waals surface area (Å²) in [5, 5.41) is 4.10. The summed E-state index contributed by atoms with van der Waals surface area (Å²) in [6.07, 6.45) is 3.45. The van der Waals surface area contributed by atoms with Crippen molar-refractivity contribution in [3.8, 4) is 0 Å². The monoisotopic (exact) mass is 373 g/mol. The number of amides is 1. The smallest absolute Gasteiger partial charge is 0.269 e. The van der Waals surface area contributed by atoms with Gasteiger partial charge in [0.05, 0.1) is 5.52 Å². The van der Waals surface area contributed by atoms with Crippen LogP contribution in [0.3, 0.4) is 0 Å². The number of nitrogens with zero attached hydrogens (tertiary/aromatic N) is 2. The Morgan fingerprint density at radius 2 is 1.71 bits per heavy atom. The largest absolute Gasteiger partial charge is 0.351 e. The number of pyridine rings is 1. The zero-order valence-corrected chi connectivity index (χ0v) is 16.2. The molecule has 2 aromatic carbocycles. The Hall–Kier alpha value is -2.72. The predicted molar refractivity (Wildman–Crippen MR) is 113 cm³/mol. The van der Waals surface area contributed by atoms with E-state index in [0.717, 1.165) is 43.5 Å². The lowest BCUT2D eigenvalue weighted by Crippen LogP contribution is -2.35. The normalized spacial score (nSPS) is 15.6. The molecule has 1 fully saturated rings. The minimum absolute atomic E-state index is 0.0766. The molecule has 28 heavy (non-hydrogen) atoms. The van der Waals surface area contributed by atoms with Gasteiger partial charge in [-0.05, 0) is 56.0 Å². The van der Waals surface area contributed by atoms with Crippen LogP contribution in [0.25, 0.3) is 10.9 Å². The van der Waals surface area contributed by atoms with E-state index in [0.29, 0.717) is 11.6 Å². The minimum Gasteiger partial charge on any atom is -0.351 e. The van der Waals surface area contributed by atoms with Crippen LogP contribution >= 0.6 is 0 Å². The highest BCUT2D eigenvalue weighted by molar-refractivity contribution is 5.94. The number of nitrogens with one attached hydrogen (secondary N) is 1. The van der Waals surface area contributed by atoms with E-state index in [2.05, 4.69) is 45.5 Å². The van der Waals surface area contributed by atoms with Gasteiger partial charge in [0.2, 0.25) is 0 Å². The maximum Gasteiger partial charge on any atom is 0.269 e. The van der Waals surface area contributed by atoms with Gasteiger partial charge in [-0.3, -0.25) is 9.69 Å². The topological polar surface area (TPSA) is 45.2 Å². The SMILES string of the molecule is O=C(NCCC1CCN(Cc2ccccc2)CC1)c1ccc2ccccc2n1. The molecular weight excluding hydrogens is 346 g/mol. The first-order valence-corrected chi connectivity index (χ1v) is 10.2. The fourth-order valence-corrected chi connectivity index (χ4v) is 3.95. The molecule has 144 valence electrons. The number of likely N-dealkylation sites (tertiary alicyclic amines) is 1. The highest BCUT2D eigenvalue weighted by atomic mass is 16.1. The Morgan fingerprint density at radius 3 is 2.54 bits per heavy atom. The van der Waals surface area contributed by atoms with E-state index in [1.807, 2.05) is 30.3 Å². The van der Waals surface area contributed by atoms with Crippen LogP contribution in [0.2, 0.25) is 0 Å². The van der Waals surface area contributed by atoms with Crippen molar-refractivity contribution in [3.63, 3.8) is 0 Å². The van der Waals surface area contributed by atoms with Crippen LogP contribution in [0.5, 0.6) is 0 Å². The van der Waals surface area contributed by atoms with Crippen molar-refractivity contribution >= 4 is 16.8 Å². The van der Waals surface area contributed by atoms with E-state index >= 15 is 0 Å². The van der Waals surface area contributed by atoms with Crippen molar-refractivity contribution in [1.82, 2.24) is 15.2 Å². The molecule has 2 heterocycles. The first-order valence-electron chi connectivity index (χ1n) is 10.2. The minimum atomic E-state index is -0.0766. The zero-order valence-electron chi connectivity index (χ0n) is 16.2. The van der Waals surface area contributed by atoms with Crippen LogP contribution in [-0.2, 0) is 6.54 Å². The third-order valence-corrected chi connectivity index (χ3v) is 5.63. The number of benzene rings is 2. The molecule has 0 aliphatic carbocycles. The van der Waals surface area contributed by atoms with Gasteiger partial charge in [0.25, 0.3) is 5.91 Å². The fourth-order valence-electron chi connectivity index (χ4n) is 3.95. The van der Waals surface area contributed by atoms with E-state index < -0.39 is 0 Å². The summed E-state index contributed by atoms with van der Waals surface area (Å²) in [5.74, 6) is 0.615. The first kappa shape index (κ1) is 18.6. The number of hydrogen-bond donors (Lipinski definition) is 1. The summed E-state index contributed by atoms with van der Waals surface area (Å²) < 4.78 is 0. The lowest BCUT2D eigenvalue weighted by molar-refractivity contribution is 0.0943. The average Bonchev–Trinajstić information content (AvgIpc) is 2.75. The van der Waals surface area contributed by atoms with Gasteiger partial charge in [-0.15, -0.1) is 0 Å². The van der Waals surface area contributed by atoms with Gasteiger partial charge in [0, 0.05) is 18.5 Å². The first-order chi connectivity index (χ1) is 13.8. The summed E-state index contributed by atoms with van der Waals surface area (Å²) in [6, 6.07) is 22.3. The van der Waals surface area contributed by atoms with Gasteiger partial charge in [0.1, 0.15) is 5.69 Å². The molecule has 1 N–H and O–H groups in total. The van der Waals surface area contributed by atoms with Crippen molar-refractivity contribution in [2.45, 2.75) is 25.8 Å². The van der Waals surface area contributed by atoms with Gasteiger partial charge in [-0.1, -0.05) is 54.6 Å². The van der Waals surface area contributed by atoms with Crippen molar-refractivity contribution in [3.05, 3.63) is 78.0 Å². The molecule has 0 bridgehead atoms. The quantitative estimate of drug-likeness (QED) is 0.702. The highest BCUT2D eigenvalue weighted by Crippen LogP contribution is 2.21. The Morgan fingerprint density at radius 1 is 0.964 bits per heavy atom. The molecule has 0 radical (unpaired) electrons. The molecule has 0 saturated carbocycles. The van der Waals surface area contributed by atoms with Crippen LogP contribution in [0.15, 0.2) is 66.7 Å². The molecule has 1 amide bonds. The third-order valence-electron chi connectivity index (χ3n) is 5.63. The van der Waals surface area contributed by atoms with Gasteiger partial charge in [-0.25, -0.2) is 4.98 Å². The molecular formula is C24H27N3O. The number of carbonyl (C=O) groups excluding carboxylic acids is 1. The second-order valence-corrected chi connectivity index (χ2v) is 7.64. The number of rotatable bonds is 6. The highest BCUT2D eigenvalue weighted by Gasteiger charge is 2.19. The number of carbonyl (C=O) groups is 1. The summed E-state index contributed by atoms with van der Waals surface area (Å²) in [4.78, 5) is 19.4. The second-order valence-electron chi connectivity index (χ2n) is 7.64. The van der Waals surface area contributed by atoms with Crippen LogP contribution in [0.1, 0.15) is 35.3 Å². The lowest BCUT2D eigenvalue weighted by Gasteiger charge is -2.32. The maximum atomic E-state index is 12.4. The average molecular weight is 374 g/mol. The molecule has 0 atom stereocenters. The summed E-state index contributed by atoms with van der Waals surface area (Å²) in [5.41, 5.74) is 2.74. The van der Waals surface area contributed by atoms with Crippen molar-refractivity contribution in [2.75, 3.05) is 19.6 Å². The molecule has 0 unspecified atom stereocenters. The molecule has 1 saturated heterocycles. The number of hydrogen-bond acceptors (Lipinski definition) is 3. The van der Waals surface area contributed by atoms with E-state index in [1.54, 1.807) is 6.07 Å². The molecule has 3 aromatic rings. The number of fused-ring (bicyclic) bond motifs is 1. The zero-order chi connectivity index (χ0) is 19.2. The Balaban J connectivity index is 1.20. The molecule has 0 spiro atoms. The van der Waals surface area contributed by atoms with Gasteiger partial charge in [0.15, 0.2) is 0 Å². The molecule has 4 nitrogen and oxygen atoms in total. The van der Waals surface area contributed by atoms with Gasteiger partial charge >= 0.3 is 0 Å². The van der Waals surface area contributed by atoms with Crippen LogP contribution in [-0.4, -0.2) is 35.4 Å². The van der Waals surface area contributed by atoms with Gasteiger partial charge < -0.3 is 5.32 Å². The third kappa shape index (κ3) is 4.76. The summed E-state index contributed by atoms with van der Waals surface area (Å²) >= 11 is 0. The van der Waals surface area contributed by atoms with E-state index in [4.69, 9.17) is 0 Å². The predicted octanol–water partition coefficient (Wildman–Crippen LogP) is 4.27. The molecule has 1 aromatic heterocycles. The van der Waals surface area contributed by atoms with Crippen molar-refractivity contribution in [1.29, 1.82) is 0 Å². The fraction of sp³-hybridized carbons (Fsp3) is 0.333. The molecule has 1 aliphatic rings. The Bertz CT molecular complexity index is 917. The van der Waals surface area contributed by atoms with E-state index in [9.17, 15) is 4.79 Å². The van der Waals surface area contributed by atoms with E-state index in [-0.39, 0.29) is 5.91 Å². The van der Waals surface area contributed by atoms with Crippen LogP contribution < -0.4 is 5.32 Å². The number of piperidine rings is 1. The van der Waals surface area contributed by atoms with Crippen LogP contribution in [0, 0.1) is 5.92 Å². The maximum absolute atomic E-state index is 12.4. The van der Waals surface area contributed by atoms with Crippen LogP contribution in [0.4, 0.5) is 0 Å². The van der Waals surface area contributed by atoms with Crippen molar-refractivity contribution < 1.29 is 4.79 Å². The summed E-state index contributed by atoms with van der Waals surface area (Å²) in [6.45, 7) is 4.04. The number of para-hydroxylation sites is 1. The van der Waals surface area contributed by atoms with E-state index in [1.165, 1.54) is 18.4 Å². The standard InChI is InChI=1S/C24H27N3O/c28-24(23-11-10-21-8-4-5-9-22(21)26-23)25-15-12-19-13-16-27(17-14-19)18-20-6-2-1-3-7-20/h1-11,19H,12-18H2,(H,25,28). The number of aromatic nitrogens is 1. The molecule has 1 aliphatic heterocycles. The van der Waals surface area contributed by atoms with Gasteiger partial charge in [-0.2, -0.15) is 0 Å². The van der Waals surface area contributed by atoms with Crippen molar-refractivity contribution in [2.24, 2.45) is 5.92 Å². The Kier molecular flexibility index (Phi) is 5.98. The second kappa shape index (κ2) is 8.98. The molecule has 4 heteroatoms. The summed E-state index contributed by atoms with van der Waals surface area (Å²) in [7, 11) is 0. The Labute approximate surface area is 166 Å².